The zero-order valence-corrected chi connectivity index (χ0v) is 17.3. The Morgan fingerprint density at radius 3 is 1.97 bits per heavy atom. The van der Waals surface area contributed by atoms with E-state index in [0.717, 1.165) is 11.1 Å². The number of nitrogens with two attached hydrogens (primary N) is 1. The van der Waals surface area contributed by atoms with E-state index in [1.54, 1.807) is 0 Å². The Labute approximate surface area is 177 Å². The van der Waals surface area contributed by atoms with Gasteiger partial charge < -0.3 is 21.1 Å². The van der Waals surface area contributed by atoms with E-state index in [2.05, 4.69) is 10.6 Å². The summed E-state index contributed by atoms with van der Waals surface area (Å²) in [4.78, 5) is 36.9. The molecule has 0 aliphatic carbocycles. The Morgan fingerprint density at radius 2 is 1.43 bits per heavy atom. The molecule has 7 heteroatoms. The van der Waals surface area contributed by atoms with E-state index in [1.807, 2.05) is 74.5 Å². The van der Waals surface area contributed by atoms with Gasteiger partial charge in [-0.25, -0.2) is 4.79 Å². The molecule has 0 unspecified atom stereocenters. The predicted octanol–water partition coefficient (Wildman–Crippen LogP) is 2.54. The van der Waals surface area contributed by atoms with E-state index >= 15 is 0 Å². The number of hydrogen-bond donors (Lipinski definition) is 3. The molecule has 4 N–H and O–H groups in total. The monoisotopic (exact) mass is 411 g/mol. The first-order valence-electron chi connectivity index (χ1n) is 9.96. The maximum Gasteiger partial charge on any atom is 0.408 e. The van der Waals surface area contributed by atoms with Crippen molar-refractivity contribution in [2.75, 3.05) is 0 Å². The Balaban J connectivity index is 2.06. The van der Waals surface area contributed by atoms with Crippen LogP contribution in [-0.2, 0) is 27.4 Å². The molecular formula is C23H29N3O4. The van der Waals surface area contributed by atoms with E-state index in [4.69, 9.17) is 10.5 Å². The van der Waals surface area contributed by atoms with Gasteiger partial charge in [0.15, 0.2) is 0 Å². The number of alkyl carbamates (subject to hydrolysis) is 1. The Morgan fingerprint density at radius 1 is 0.867 bits per heavy atom. The third kappa shape index (κ3) is 7.95. The first-order chi connectivity index (χ1) is 14.3. The molecule has 160 valence electrons. The first kappa shape index (κ1) is 22.9. The van der Waals surface area contributed by atoms with Gasteiger partial charge in [0.25, 0.3) is 0 Å². The SMILES string of the molecule is CC(C)C[C@@H](NC(=O)[C@@H](Cc1ccccc1)NC(=O)OCc1ccccc1)C(N)=O. The van der Waals surface area contributed by atoms with Crippen LogP contribution in [-0.4, -0.2) is 30.0 Å². The molecule has 0 heterocycles. The molecule has 2 aromatic rings. The van der Waals surface area contributed by atoms with E-state index < -0.39 is 30.0 Å². The van der Waals surface area contributed by atoms with Gasteiger partial charge in [-0.05, 0) is 23.5 Å². The minimum atomic E-state index is -0.912. The maximum absolute atomic E-state index is 12.9. The summed E-state index contributed by atoms with van der Waals surface area (Å²) < 4.78 is 5.24. The maximum atomic E-state index is 12.9. The molecule has 2 rings (SSSR count). The molecule has 2 atom stereocenters. The van der Waals surface area contributed by atoms with Crippen molar-refractivity contribution >= 4 is 17.9 Å². The van der Waals surface area contributed by atoms with Crippen LogP contribution in [0.25, 0.3) is 0 Å². The summed E-state index contributed by atoms with van der Waals surface area (Å²) in [5.74, 6) is -0.929. The molecule has 0 radical (unpaired) electrons. The molecule has 2 aromatic carbocycles. The average molecular weight is 412 g/mol. The topological polar surface area (TPSA) is 111 Å². The molecule has 7 nitrogen and oxygen atoms in total. The third-order valence-corrected chi connectivity index (χ3v) is 4.47. The number of hydrogen-bond acceptors (Lipinski definition) is 4. The molecule has 0 spiro atoms. The number of benzene rings is 2. The van der Waals surface area contributed by atoms with Crippen molar-refractivity contribution in [2.24, 2.45) is 11.7 Å². The predicted molar refractivity (Wildman–Crippen MR) is 114 cm³/mol. The lowest BCUT2D eigenvalue weighted by molar-refractivity contribution is -0.128. The number of carbonyl (C=O) groups is 3. The Hall–Kier alpha value is -3.35. The average Bonchev–Trinajstić information content (AvgIpc) is 2.72. The van der Waals surface area contributed by atoms with Gasteiger partial charge in [-0.1, -0.05) is 74.5 Å². The van der Waals surface area contributed by atoms with Crippen LogP contribution >= 0.6 is 0 Å². The number of nitrogens with one attached hydrogen (secondary N) is 2. The van der Waals surface area contributed by atoms with Crippen LogP contribution in [0.2, 0.25) is 0 Å². The molecule has 0 aliphatic heterocycles. The molecule has 0 fully saturated rings. The summed E-state index contributed by atoms with van der Waals surface area (Å²) in [6.45, 7) is 3.95. The highest BCUT2D eigenvalue weighted by Crippen LogP contribution is 2.08. The third-order valence-electron chi connectivity index (χ3n) is 4.47. The number of amides is 3. The molecule has 3 amide bonds. The highest BCUT2D eigenvalue weighted by atomic mass is 16.5. The number of ether oxygens (including phenoxy) is 1. The highest BCUT2D eigenvalue weighted by Gasteiger charge is 2.27. The minimum absolute atomic E-state index is 0.0869. The fourth-order valence-corrected chi connectivity index (χ4v) is 2.96. The molecule has 0 bridgehead atoms. The molecule has 0 aliphatic rings. The second-order valence-corrected chi connectivity index (χ2v) is 7.54. The fraction of sp³-hybridized carbons (Fsp3) is 0.348. The molecule has 0 aromatic heterocycles. The van der Waals surface area contributed by atoms with E-state index in [-0.39, 0.29) is 18.9 Å². The van der Waals surface area contributed by atoms with Gasteiger partial charge in [0, 0.05) is 6.42 Å². The summed E-state index contributed by atoms with van der Waals surface area (Å²) in [6.07, 6.45) is -0.0490. The molecular weight excluding hydrogens is 382 g/mol. The van der Waals surface area contributed by atoms with Crippen molar-refractivity contribution in [3.63, 3.8) is 0 Å². The highest BCUT2D eigenvalue weighted by molar-refractivity contribution is 5.90. The van der Waals surface area contributed by atoms with E-state index in [0.29, 0.717) is 6.42 Å². The van der Waals surface area contributed by atoms with Crippen molar-refractivity contribution in [1.82, 2.24) is 10.6 Å². The Kier molecular flexibility index (Phi) is 8.87. The van der Waals surface area contributed by atoms with Crippen molar-refractivity contribution < 1.29 is 19.1 Å². The summed E-state index contributed by atoms with van der Waals surface area (Å²) in [6, 6.07) is 16.8. The van der Waals surface area contributed by atoms with Crippen LogP contribution in [0.3, 0.4) is 0 Å². The van der Waals surface area contributed by atoms with Crippen LogP contribution in [0.1, 0.15) is 31.4 Å². The second-order valence-electron chi connectivity index (χ2n) is 7.54. The van der Waals surface area contributed by atoms with Gasteiger partial charge in [0.1, 0.15) is 18.7 Å². The van der Waals surface area contributed by atoms with Crippen molar-refractivity contribution in [2.45, 2.75) is 45.4 Å². The van der Waals surface area contributed by atoms with Crippen LogP contribution in [0.5, 0.6) is 0 Å². The van der Waals surface area contributed by atoms with Gasteiger partial charge in [0.05, 0.1) is 0 Å². The van der Waals surface area contributed by atoms with Crippen LogP contribution in [0.15, 0.2) is 60.7 Å². The lowest BCUT2D eigenvalue weighted by atomic mass is 10.0. The fourth-order valence-electron chi connectivity index (χ4n) is 2.96. The number of carbonyl (C=O) groups excluding carboxylic acids is 3. The molecule has 0 saturated heterocycles. The van der Waals surface area contributed by atoms with Gasteiger partial charge in [-0.2, -0.15) is 0 Å². The molecule has 30 heavy (non-hydrogen) atoms. The summed E-state index contributed by atoms with van der Waals surface area (Å²) in [5, 5.41) is 5.27. The number of rotatable bonds is 10. The summed E-state index contributed by atoms with van der Waals surface area (Å²) in [7, 11) is 0. The lowest BCUT2D eigenvalue weighted by Gasteiger charge is -2.23. The van der Waals surface area contributed by atoms with E-state index in [9.17, 15) is 14.4 Å². The lowest BCUT2D eigenvalue weighted by Crippen LogP contribution is -2.54. The largest absolute Gasteiger partial charge is 0.445 e. The van der Waals surface area contributed by atoms with Crippen LogP contribution in [0, 0.1) is 5.92 Å². The zero-order chi connectivity index (χ0) is 21.9. The van der Waals surface area contributed by atoms with Crippen molar-refractivity contribution in [3.05, 3.63) is 71.8 Å². The molecule has 0 saturated carbocycles. The second kappa shape index (κ2) is 11.6. The minimum Gasteiger partial charge on any atom is -0.445 e. The smallest absolute Gasteiger partial charge is 0.408 e. The standard InChI is InChI=1S/C23H29N3O4/c1-16(2)13-19(21(24)27)25-22(28)20(14-17-9-5-3-6-10-17)26-23(29)30-15-18-11-7-4-8-12-18/h3-12,16,19-20H,13-15H2,1-2H3,(H2,24,27)(H,25,28)(H,26,29)/t19-,20-/m1/s1. The van der Waals surface area contributed by atoms with Gasteiger partial charge >= 0.3 is 6.09 Å². The van der Waals surface area contributed by atoms with Crippen LogP contribution < -0.4 is 16.4 Å². The summed E-state index contributed by atoms with van der Waals surface area (Å²) in [5.41, 5.74) is 7.13. The van der Waals surface area contributed by atoms with Crippen LogP contribution in [0.4, 0.5) is 4.79 Å². The summed E-state index contributed by atoms with van der Waals surface area (Å²) >= 11 is 0. The van der Waals surface area contributed by atoms with Crippen molar-refractivity contribution in [1.29, 1.82) is 0 Å². The normalized spacial score (nSPS) is 12.6. The number of primary amides is 1. The first-order valence-corrected chi connectivity index (χ1v) is 9.96. The van der Waals surface area contributed by atoms with Crippen molar-refractivity contribution in [3.8, 4) is 0 Å². The van der Waals surface area contributed by atoms with Gasteiger partial charge in [-0.15, -0.1) is 0 Å². The van der Waals surface area contributed by atoms with E-state index in [1.165, 1.54) is 0 Å². The van der Waals surface area contributed by atoms with Gasteiger partial charge in [-0.3, -0.25) is 9.59 Å². The zero-order valence-electron chi connectivity index (χ0n) is 17.3. The van der Waals surface area contributed by atoms with Gasteiger partial charge in [0.2, 0.25) is 11.8 Å². The Bertz CT molecular complexity index is 825. The quantitative estimate of drug-likeness (QED) is 0.558.